The molecule has 1 amide bonds. The van der Waals surface area contributed by atoms with Crippen molar-refractivity contribution in [1.29, 1.82) is 0 Å². The molecule has 0 saturated carbocycles. The van der Waals surface area contributed by atoms with Crippen LogP contribution in [0.25, 0.3) is 0 Å². The minimum absolute atomic E-state index is 0.0161. The molecule has 1 saturated heterocycles. The average molecular weight is 692 g/mol. The summed E-state index contributed by atoms with van der Waals surface area (Å²) in [5, 5.41) is 16.7. The summed E-state index contributed by atoms with van der Waals surface area (Å²) in [5.41, 5.74) is 2.59. The molecule has 3 heterocycles. The monoisotopic (exact) mass is 690 g/mol. The van der Waals surface area contributed by atoms with Crippen LogP contribution in [0.1, 0.15) is 60.2 Å². The third kappa shape index (κ3) is 6.22. The molecular formula is C37H37Cl2FN4O4. The third-order valence-electron chi connectivity index (χ3n) is 9.39. The molecule has 0 radical (unpaired) electrons. The number of aromatic carboxylic acids is 1. The number of ether oxygens (including phenoxy) is 1. The maximum atomic E-state index is 16.3. The van der Waals surface area contributed by atoms with Crippen molar-refractivity contribution in [2.75, 3.05) is 23.9 Å². The Morgan fingerprint density at radius 1 is 1.10 bits per heavy atom. The number of fused-ring (bicyclic) bond motifs is 2. The average Bonchev–Trinajstić information content (AvgIpc) is 3.52. The van der Waals surface area contributed by atoms with E-state index < -0.39 is 35.1 Å². The van der Waals surface area contributed by atoms with Gasteiger partial charge in [0.1, 0.15) is 11.6 Å². The predicted molar refractivity (Wildman–Crippen MR) is 186 cm³/mol. The molecule has 3 N–H and O–H groups in total. The van der Waals surface area contributed by atoms with Crippen molar-refractivity contribution in [2.24, 2.45) is 5.41 Å². The van der Waals surface area contributed by atoms with Crippen LogP contribution in [0.5, 0.6) is 5.75 Å². The number of benzene rings is 3. The summed E-state index contributed by atoms with van der Waals surface area (Å²) in [7, 11) is 1.40. The first-order chi connectivity index (χ1) is 22.8. The lowest BCUT2D eigenvalue weighted by molar-refractivity contribution is -0.118. The van der Waals surface area contributed by atoms with Crippen LogP contribution >= 0.6 is 23.2 Å². The second kappa shape index (κ2) is 13.0. The van der Waals surface area contributed by atoms with E-state index in [1.165, 1.54) is 31.4 Å². The number of halogens is 3. The number of nitrogens with zero attached hydrogens (tertiary/aromatic N) is 2. The fourth-order valence-corrected chi connectivity index (χ4v) is 7.82. The summed E-state index contributed by atoms with van der Waals surface area (Å²) in [6.45, 7) is 7.45. The van der Waals surface area contributed by atoms with E-state index in [1.54, 1.807) is 24.5 Å². The van der Waals surface area contributed by atoms with Gasteiger partial charge in [-0.3, -0.25) is 9.78 Å². The molecule has 0 bridgehead atoms. The van der Waals surface area contributed by atoms with E-state index in [2.05, 4.69) is 41.3 Å². The lowest BCUT2D eigenvalue weighted by Gasteiger charge is -2.40. The number of aromatic nitrogens is 1. The van der Waals surface area contributed by atoms with Crippen molar-refractivity contribution in [3.05, 3.63) is 117 Å². The number of carboxylic acids is 1. The Bertz CT molecular complexity index is 1870. The van der Waals surface area contributed by atoms with Gasteiger partial charge in [0.15, 0.2) is 0 Å². The number of hydrogen-bond acceptors (Lipinski definition) is 6. The summed E-state index contributed by atoms with van der Waals surface area (Å²) < 4.78 is 21.8. The van der Waals surface area contributed by atoms with Gasteiger partial charge < -0.3 is 25.4 Å². The number of rotatable bonds is 8. The smallest absolute Gasteiger partial charge is 0.335 e. The Kier molecular flexibility index (Phi) is 9.15. The summed E-state index contributed by atoms with van der Waals surface area (Å²) in [6.07, 6.45) is 4.17. The van der Waals surface area contributed by atoms with Gasteiger partial charge in [0.2, 0.25) is 5.91 Å². The van der Waals surface area contributed by atoms with Gasteiger partial charge in [0, 0.05) is 53.6 Å². The van der Waals surface area contributed by atoms with E-state index in [0.717, 1.165) is 16.8 Å². The van der Waals surface area contributed by atoms with E-state index in [9.17, 15) is 14.7 Å². The largest absolute Gasteiger partial charge is 0.495 e. The molecule has 4 aromatic rings. The van der Waals surface area contributed by atoms with Crippen molar-refractivity contribution in [1.82, 2.24) is 10.3 Å². The fourth-order valence-electron chi connectivity index (χ4n) is 7.47. The number of nitrogens with one attached hydrogen (secondary N) is 2. The zero-order valence-corrected chi connectivity index (χ0v) is 28.6. The lowest BCUT2D eigenvalue weighted by atomic mass is 9.63. The number of amides is 1. The predicted octanol–water partition coefficient (Wildman–Crippen LogP) is 7.69. The number of anilines is 2. The fraction of sp³-hybridized carbons (Fsp3) is 0.324. The SMILES string of the molecule is COc1cc(C(=O)O)ccc1NC(=O)[C@@H]1N[C@@H](CC(C)(C)C)[C@@]2(CN(Cc3ccncc3)c3cc(Cl)ccc32)[C@H]1c1cccc(Cl)c1F. The van der Waals surface area contributed by atoms with Gasteiger partial charge in [-0.1, -0.05) is 62.2 Å². The molecule has 0 aliphatic carbocycles. The first-order valence-corrected chi connectivity index (χ1v) is 16.4. The zero-order chi connectivity index (χ0) is 34.4. The van der Waals surface area contributed by atoms with E-state index in [0.29, 0.717) is 35.8 Å². The third-order valence-corrected chi connectivity index (χ3v) is 9.92. The van der Waals surface area contributed by atoms with Gasteiger partial charge in [-0.15, -0.1) is 0 Å². The second-order valence-corrected chi connectivity index (χ2v) is 14.5. The van der Waals surface area contributed by atoms with Crippen molar-refractivity contribution in [3.8, 4) is 5.75 Å². The number of carbonyl (C=O) groups is 2. The van der Waals surface area contributed by atoms with Crippen molar-refractivity contribution in [3.63, 3.8) is 0 Å². The number of hydrogen-bond donors (Lipinski definition) is 3. The summed E-state index contributed by atoms with van der Waals surface area (Å²) >= 11 is 13.0. The van der Waals surface area contributed by atoms with Gasteiger partial charge in [-0.25, -0.2) is 9.18 Å². The molecule has 11 heteroatoms. The minimum atomic E-state index is -1.12. The Morgan fingerprint density at radius 2 is 1.85 bits per heavy atom. The number of carboxylic acid groups (broad SMARTS) is 1. The Morgan fingerprint density at radius 3 is 2.54 bits per heavy atom. The van der Waals surface area contributed by atoms with Crippen LogP contribution in [0.15, 0.2) is 79.1 Å². The second-order valence-electron chi connectivity index (χ2n) is 13.7. The van der Waals surface area contributed by atoms with Crippen molar-refractivity contribution < 1.29 is 23.8 Å². The van der Waals surface area contributed by atoms with Crippen LogP contribution in [0.2, 0.25) is 10.0 Å². The number of pyridine rings is 1. The van der Waals surface area contributed by atoms with E-state index in [-0.39, 0.29) is 27.8 Å². The molecule has 0 unspecified atom stereocenters. The first-order valence-electron chi connectivity index (χ1n) is 15.7. The van der Waals surface area contributed by atoms with Gasteiger partial charge in [-0.05, 0) is 77.1 Å². The van der Waals surface area contributed by atoms with Gasteiger partial charge >= 0.3 is 5.97 Å². The van der Waals surface area contributed by atoms with Crippen molar-refractivity contribution >= 4 is 46.5 Å². The topological polar surface area (TPSA) is 104 Å². The molecule has 1 spiro atoms. The Labute approximate surface area is 289 Å². The summed E-state index contributed by atoms with van der Waals surface area (Å²) in [5.74, 6) is -2.64. The maximum absolute atomic E-state index is 16.3. The minimum Gasteiger partial charge on any atom is -0.495 e. The first kappa shape index (κ1) is 33.7. The summed E-state index contributed by atoms with van der Waals surface area (Å²) in [6, 6.07) is 17.7. The van der Waals surface area contributed by atoms with E-state index in [1.807, 2.05) is 30.3 Å². The van der Waals surface area contributed by atoms with E-state index in [4.69, 9.17) is 27.9 Å². The molecule has 1 fully saturated rings. The molecule has 3 aromatic carbocycles. The highest BCUT2D eigenvalue weighted by molar-refractivity contribution is 6.31. The Hall–Kier alpha value is -4.18. The van der Waals surface area contributed by atoms with Crippen LogP contribution in [0.4, 0.5) is 15.8 Å². The number of carbonyl (C=O) groups excluding carboxylic acids is 1. The zero-order valence-electron chi connectivity index (χ0n) is 27.1. The Balaban J connectivity index is 1.53. The van der Waals surface area contributed by atoms with Gasteiger partial charge in [-0.2, -0.15) is 0 Å². The quantitative estimate of drug-likeness (QED) is 0.174. The van der Waals surface area contributed by atoms with Gasteiger partial charge in [0.25, 0.3) is 0 Å². The highest BCUT2D eigenvalue weighted by atomic mass is 35.5. The molecule has 48 heavy (non-hydrogen) atoms. The van der Waals surface area contributed by atoms with Crippen LogP contribution in [-0.4, -0.2) is 47.7 Å². The van der Waals surface area contributed by atoms with Gasteiger partial charge in [0.05, 0.1) is 29.4 Å². The normalized spacial score (nSPS) is 21.7. The molecule has 8 nitrogen and oxygen atoms in total. The van der Waals surface area contributed by atoms with Crippen LogP contribution in [0.3, 0.4) is 0 Å². The van der Waals surface area contributed by atoms with Crippen LogP contribution in [0, 0.1) is 11.2 Å². The molecule has 2 aliphatic rings. The van der Waals surface area contributed by atoms with Crippen LogP contribution < -0.4 is 20.3 Å². The molecule has 4 atom stereocenters. The lowest BCUT2D eigenvalue weighted by Crippen LogP contribution is -2.48. The molecule has 6 rings (SSSR count). The van der Waals surface area contributed by atoms with E-state index >= 15 is 4.39 Å². The highest BCUT2D eigenvalue weighted by Gasteiger charge is 2.63. The van der Waals surface area contributed by atoms with Crippen molar-refractivity contribution in [2.45, 2.75) is 57.2 Å². The maximum Gasteiger partial charge on any atom is 0.335 e. The van der Waals surface area contributed by atoms with Crippen LogP contribution in [-0.2, 0) is 16.8 Å². The molecule has 1 aromatic heterocycles. The number of methoxy groups -OCH3 is 1. The highest BCUT2D eigenvalue weighted by Crippen LogP contribution is 2.58. The molecular weight excluding hydrogens is 654 g/mol. The molecule has 2 aliphatic heterocycles. The molecule has 250 valence electrons. The standard InChI is InChI=1S/C37H37Cl2FN4O4/c1-36(2,3)18-30-37(20-44(19-21-12-14-41-15-13-21)28-17-23(38)9-10-25(28)37)31(24-6-5-7-26(39)32(24)40)33(43-30)34(45)42-27-11-8-22(35(46)47)16-29(27)48-4/h5-17,30-31,33,43H,18-20H2,1-4H3,(H,42,45)(H,46,47)/t30-,31-,33+,37-/m0/s1. The summed E-state index contributed by atoms with van der Waals surface area (Å²) in [4.78, 5) is 32.6.